The number of benzene rings is 1. The van der Waals surface area contributed by atoms with Crippen LogP contribution in [0.4, 0.5) is 14.5 Å². The maximum atomic E-state index is 14.3. The number of nitrogens with one attached hydrogen (secondary N) is 1. The number of hydrogen-bond donors (Lipinski definition) is 2. The van der Waals surface area contributed by atoms with Crippen LogP contribution in [0.2, 0.25) is 0 Å². The van der Waals surface area contributed by atoms with Gasteiger partial charge in [-0.15, -0.1) is 0 Å². The molecule has 1 aromatic rings. The van der Waals surface area contributed by atoms with E-state index >= 15 is 0 Å². The fourth-order valence-corrected chi connectivity index (χ4v) is 8.97. The molecule has 11 heteroatoms. The summed E-state index contributed by atoms with van der Waals surface area (Å²) in [7, 11) is -4.27. The minimum atomic E-state index is -4.27. The molecule has 1 aliphatic heterocycles. The van der Waals surface area contributed by atoms with E-state index in [2.05, 4.69) is 5.32 Å². The van der Waals surface area contributed by atoms with E-state index in [1.165, 1.54) is 6.07 Å². The SMILES string of the molecule is NC(=O)CC12CC3CC(C1)C(NC(=O)CN1CCCN(c4c(F)cccc4F)S1(=O)=O)C(C3)C2. The second-order valence-corrected chi connectivity index (χ2v) is 12.4. The first kappa shape index (κ1) is 23.5. The Hall–Kier alpha value is -2.27. The highest BCUT2D eigenvalue weighted by molar-refractivity contribution is 7.90. The van der Waals surface area contributed by atoms with Crippen molar-refractivity contribution in [2.24, 2.45) is 28.9 Å². The van der Waals surface area contributed by atoms with Crippen molar-refractivity contribution in [3.63, 3.8) is 0 Å². The summed E-state index contributed by atoms with van der Waals surface area (Å²) in [5.41, 5.74) is 4.83. The molecule has 1 heterocycles. The molecule has 8 nitrogen and oxygen atoms in total. The Labute approximate surface area is 198 Å². The maximum Gasteiger partial charge on any atom is 0.304 e. The third-order valence-corrected chi connectivity index (χ3v) is 10.0. The topological polar surface area (TPSA) is 113 Å². The number of nitrogens with zero attached hydrogens (tertiary/aromatic N) is 2. The first-order valence-electron chi connectivity index (χ1n) is 11.9. The van der Waals surface area contributed by atoms with Crippen LogP contribution in [-0.4, -0.2) is 50.2 Å². The molecule has 1 aromatic carbocycles. The molecule has 0 aromatic heterocycles. The van der Waals surface area contributed by atoms with Crippen LogP contribution in [0.15, 0.2) is 18.2 Å². The predicted molar refractivity (Wildman–Crippen MR) is 121 cm³/mol. The monoisotopic (exact) mass is 496 g/mol. The predicted octanol–water partition coefficient (Wildman–Crippen LogP) is 1.91. The molecule has 5 fully saturated rings. The smallest absolute Gasteiger partial charge is 0.304 e. The van der Waals surface area contributed by atoms with Gasteiger partial charge in [-0.25, -0.2) is 8.78 Å². The molecule has 6 rings (SSSR count). The first-order chi connectivity index (χ1) is 16.1. The Kier molecular flexibility index (Phi) is 5.83. The van der Waals surface area contributed by atoms with Gasteiger partial charge < -0.3 is 11.1 Å². The van der Waals surface area contributed by atoms with Gasteiger partial charge >= 0.3 is 10.2 Å². The molecule has 5 aliphatic rings. The molecule has 0 radical (unpaired) electrons. The minimum Gasteiger partial charge on any atom is -0.370 e. The molecule has 0 spiro atoms. The summed E-state index contributed by atoms with van der Waals surface area (Å²) in [6, 6.07) is 3.14. The Morgan fingerprint density at radius 2 is 1.74 bits per heavy atom. The van der Waals surface area contributed by atoms with Crippen LogP contribution >= 0.6 is 0 Å². The number of halogens is 2. The van der Waals surface area contributed by atoms with Crippen LogP contribution in [0.3, 0.4) is 0 Å². The summed E-state index contributed by atoms with van der Waals surface area (Å²) in [4.78, 5) is 24.6. The van der Waals surface area contributed by atoms with E-state index in [0.29, 0.717) is 23.1 Å². The van der Waals surface area contributed by atoms with Gasteiger partial charge in [0.05, 0.1) is 6.54 Å². The molecule has 2 unspecified atom stereocenters. The van der Waals surface area contributed by atoms with Crippen LogP contribution in [-0.2, 0) is 19.8 Å². The van der Waals surface area contributed by atoms with Crippen molar-refractivity contribution in [1.29, 1.82) is 0 Å². The molecule has 1 saturated heterocycles. The molecule has 2 atom stereocenters. The summed E-state index contributed by atoms with van der Waals surface area (Å²) in [6.45, 7) is -0.362. The van der Waals surface area contributed by atoms with Gasteiger partial charge in [-0.05, 0) is 73.8 Å². The van der Waals surface area contributed by atoms with Gasteiger partial charge in [0.1, 0.15) is 5.69 Å². The van der Waals surface area contributed by atoms with Gasteiger partial charge in [-0.3, -0.25) is 13.9 Å². The van der Waals surface area contributed by atoms with Crippen LogP contribution in [0, 0.1) is 34.8 Å². The summed E-state index contributed by atoms with van der Waals surface area (Å²) >= 11 is 0. The molecule has 4 bridgehead atoms. The highest BCUT2D eigenvalue weighted by Crippen LogP contribution is 2.61. The largest absolute Gasteiger partial charge is 0.370 e. The molecule has 4 aliphatic carbocycles. The minimum absolute atomic E-state index is 0.0577. The van der Waals surface area contributed by atoms with Gasteiger partial charge in [0, 0.05) is 25.6 Å². The summed E-state index contributed by atoms with van der Waals surface area (Å²) < 4.78 is 56.5. The molecule has 186 valence electrons. The number of primary amides is 1. The number of rotatable bonds is 6. The molecule has 4 saturated carbocycles. The van der Waals surface area contributed by atoms with E-state index in [1.807, 2.05) is 0 Å². The normalized spacial score (nSPS) is 34.2. The number of carbonyl (C=O) groups excluding carboxylic acids is 2. The quantitative estimate of drug-likeness (QED) is 0.626. The average Bonchev–Trinajstić information content (AvgIpc) is 2.72. The number of anilines is 1. The van der Waals surface area contributed by atoms with Crippen LogP contribution in [0.1, 0.15) is 44.9 Å². The highest BCUT2D eigenvalue weighted by Gasteiger charge is 2.56. The van der Waals surface area contributed by atoms with Gasteiger partial charge in [-0.2, -0.15) is 12.7 Å². The third kappa shape index (κ3) is 4.06. The highest BCUT2D eigenvalue weighted by atomic mass is 32.2. The lowest BCUT2D eigenvalue weighted by Gasteiger charge is -2.60. The Morgan fingerprint density at radius 3 is 2.35 bits per heavy atom. The summed E-state index contributed by atoms with van der Waals surface area (Å²) in [5.74, 6) is -1.60. The Balaban J connectivity index is 1.28. The third-order valence-electron chi connectivity index (χ3n) is 8.16. The molecular weight excluding hydrogens is 466 g/mol. The van der Waals surface area contributed by atoms with E-state index in [0.717, 1.165) is 48.5 Å². The van der Waals surface area contributed by atoms with Crippen LogP contribution in [0.25, 0.3) is 0 Å². The van der Waals surface area contributed by atoms with Gasteiger partial charge in [0.25, 0.3) is 0 Å². The molecule has 34 heavy (non-hydrogen) atoms. The number of para-hydroxylation sites is 1. The summed E-state index contributed by atoms with van der Waals surface area (Å²) in [6.07, 6.45) is 5.40. The lowest BCUT2D eigenvalue weighted by atomic mass is 9.47. The fraction of sp³-hybridized carbons (Fsp3) is 0.652. The van der Waals surface area contributed by atoms with E-state index in [4.69, 9.17) is 5.73 Å². The van der Waals surface area contributed by atoms with Crippen LogP contribution < -0.4 is 15.4 Å². The Morgan fingerprint density at radius 1 is 1.09 bits per heavy atom. The van der Waals surface area contributed by atoms with Crippen molar-refractivity contribution < 1.29 is 26.8 Å². The molecular formula is C23H30F2N4O4S. The number of hydrogen-bond acceptors (Lipinski definition) is 4. The zero-order chi connectivity index (χ0) is 24.3. The average molecular weight is 497 g/mol. The fourth-order valence-electron chi connectivity index (χ4n) is 7.28. The van der Waals surface area contributed by atoms with Gasteiger partial charge in [0.2, 0.25) is 11.8 Å². The maximum absolute atomic E-state index is 14.3. The summed E-state index contributed by atoms with van der Waals surface area (Å²) in [5, 5.41) is 3.07. The molecule has 2 amide bonds. The lowest BCUT2D eigenvalue weighted by molar-refractivity contribution is -0.134. The van der Waals surface area contributed by atoms with E-state index in [1.54, 1.807) is 0 Å². The van der Waals surface area contributed by atoms with E-state index < -0.39 is 40.0 Å². The number of amides is 2. The Bertz CT molecular complexity index is 1080. The van der Waals surface area contributed by atoms with Gasteiger partial charge in [0.15, 0.2) is 11.6 Å². The van der Waals surface area contributed by atoms with E-state index in [-0.39, 0.29) is 42.3 Å². The number of nitrogens with two attached hydrogens (primary N) is 1. The number of carbonyl (C=O) groups is 2. The van der Waals surface area contributed by atoms with Crippen molar-refractivity contribution >= 4 is 27.7 Å². The van der Waals surface area contributed by atoms with Crippen molar-refractivity contribution in [2.75, 3.05) is 23.9 Å². The van der Waals surface area contributed by atoms with Crippen LogP contribution in [0.5, 0.6) is 0 Å². The lowest BCUT2D eigenvalue weighted by Crippen LogP contribution is -2.61. The molecule has 3 N–H and O–H groups in total. The van der Waals surface area contributed by atoms with E-state index in [9.17, 15) is 26.8 Å². The van der Waals surface area contributed by atoms with Crippen molar-refractivity contribution in [3.8, 4) is 0 Å². The second kappa shape index (κ2) is 8.44. The zero-order valence-electron chi connectivity index (χ0n) is 18.9. The van der Waals surface area contributed by atoms with Gasteiger partial charge in [-0.1, -0.05) is 6.07 Å². The van der Waals surface area contributed by atoms with Crippen molar-refractivity contribution in [3.05, 3.63) is 29.8 Å². The standard InChI is InChI=1S/C23H30F2N4O4S/c24-17-3-1-4-18(25)22(17)29-6-2-5-28(34(29,32)33)13-20(31)27-21-15-7-14-8-16(21)11-23(9-14,10-15)12-19(26)30/h1,3-4,14-16,21H,2,5-13H2,(H2,26,30)(H,27,31). The van der Waals surface area contributed by atoms with Crippen molar-refractivity contribution in [2.45, 2.75) is 51.0 Å². The first-order valence-corrected chi connectivity index (χ1v) is 13.3. The second-order valence-electron chi connectivity index (χ2n) is 10.5. The van der Waals surface area contributed by atoms with Crippen molar-refractivity contribution in [1.82, 2.24) is 9.62 Å². The zero-order valence-corrected chi connectivity index (χ0v) is 19.7.